The van der Waals surface area contributed by atoms with Crippen molar-refractivity contribution in [2.45, 2.75) is 6.92 Å². The Labute approximate surface area is 134 Å². The number of benzene rings is 1. The standard InChI is InChI=1S/C13H12INO4S/c1-3-19-9-5-7(4-8(14)11(9)18-2)6-10-12(16)15-13(17)20-10/h4-6H,3H2,1-2H3,(H,15,16,17)/b10-6-. The summed E-state index contributed by atoms with van der Waals surface area (Å²) in [5, 5.41) is 1.87. The van der Waals surface area contributed by atoms with Crippen molar-refractivity contribution >= 4 is 51.6 Å². The van der Waals surface area contributed by atoms with Gasteiger partial charge in [-0.1, -0.05) is 0 Å². The number of ether oxygens (including phenoxy) is 2. The van der Waals surface area contributed by atoms with Gasteiger partial charge in [0.25, 0.3) is 11.1 Å². The summed E-state index contributed by atoms with van der Waals surface area (Å²) in [5.41, 5.74) is 0.783. The molecule has 0 saturated carbocycles. The van der Waals surface area contributed by atoms with E-state index in [-0.39, 0.29) is 11.1 Å². The van der Waals surface area contributed by atoms with Crippen LogP contribution in [-0.2, 0) is 4.79 Å². The van der Waals surface area contributed by atoms with Crippen LogP contribution >= 0.6 is 34.4 Å². The number of nitrogens with one attached hydrogen (secondary N) is 1. The van der Waals surface area contributed by atoms with E-state index in [9.17, 15) is 9.59 Å². The minimum Gasteiger partial charge on any atom is -0.492 e. The number of carbonyl (C=O) groups excluding carboxylic acids is 2. The number of amides is 2. The van der Waals surface area contributed by atoms with E-state index in [0.29, 0.717) is 23.0 Å². The number of methoxy groups -OCH3 is 1. The lowest BCUT2D eigenvalue weighted by molar-refractivity contribution is -0.115. The summed E-state index contributed by atoms with van der Waals surface area (Å²) < 4.78 is 11.7. The number of hydrogen-bond donors (Lipinski definition) is 1. The van der Waals surface area contributed by atoms with Gasteiger partial charge in [-0.05, 0) is 65.0 Å². The highest BCUT2D eigenvalue weighted by Gasteiger charge is 2.25. The summed E-state index contributed by atoms with van der Waals surface area (Å²) in [7, 11) is 1.58. The summed E-state index contributed by atoms with van der Waals surface area (Å²) >= 11 is 3.03. The van der Waals surface area contributed by atoms with E-state index in [4.69, 9.17) is 9.47 Å². The summed E-state index contributed by atoms with van der Waals surface area (Å²) in [6.45, 7) is 2.40. The maximum Gasteiger partial charge on any atom is 0.290 e. The first-order valence-corrected chi connectivity index (χ1v) is 7.70. The third-order valence-corrected chi connectivity index (χ3v) is 4.09. The summed E-state index contributed by atoms with van der Waals surface area (Å²) in [6, 6.07) is 3.65. The van der Waals surface area contributed by atoms with Crippen molar-refractivity contribution in [1.82, 2.24) is 5.32 Å². The van der Waals surface area contributed by atoms with Gasteiger partial charge in [-0.15, -0.1) is 0 Å². The number of halogens is 1. The van der Waals surface area contributed by atoms with E-state index >= 15 is 0 Å². The topological polar surface area (TPSA) is 64.6 Å². The van der Waals surface area contributed by atoms with Gasteiger partial charge in [0.1, 0.15) is 0 Å². The molecule has 2 rings (SSSR count). The van der Waals surface area contributed by atoms with Crippen LogP contribution in [0.4, 0.5) is 4.79 Å². The average molecular weight is 405 g/mol. The Kier molecular flexibility index (Phi) is 4.92. The Hall–Kier alpha value is -1.22. The number of imide groups is 1. The van der Waals surface area contributed by atoms with Gasteiger partial charge in [0.05, 0.1) is 22.2 Å². The zero-order chi connectivity index (χ0) is 14.7. The van der Waals surface area contributed by atoms with E-state index in [1.807, 2.05) is 13.0 Å². The van der Waals surface area contributed by atoms with Gasteiger partial charge in [-0.25, -0.2) is 0 Å². The fraction of sp³-hybridized carbons (Fsp3) is 0.231. The Balaban J connectivity index is 2.40. The van der Waals surface area contributed by atoms with Gasteiger partial charge >= 0.3 is 0 Å². The van der Waals surface area contributed by atoms with Crippen LogP contribution in [0.2, 0.25) is 0 Å². The number of carbonyl (C=O) groups is 2. The molecule has 1 N–H and O–H groups in total. The first kappa shape index (κ1) is 15.2. The highest BCUT2D eigenvalue weighted by atomic mass is 127. The third-order valence-electron chi connectivity index (χ3n) is 2.48. The predicted octanol–water partition coefficient (Wildman–Crippen LogP) is 3.02. The molecule has 5 nitrogen and oxygen atoms in total. The lowest BCUT2D eigenvalue weighted by Crippen LogP contribution is -2.17. The molecule has 0 atom stereocenters. The van der Waals surface area contributed by atoms with Gasteiger partial charge in [0, 0.05) is 0 Å². The molecule has 0 aliphatic carbocycles. The van der Waals surface area contributed by atoms with Crippen molar-refractivity contribution < 1.29 is 19.1 Å². The van der Waals surface area contributed by atoms with Crippen LogP contribution in [0.5, 0.6) is 11.5 Å². The fourth-order valence-electron chi connectivity index (χ4n) is 1.70. The second-order valence-corrected chi connectivity index (χ2v) is 6.00. The molecule has 1 aliphatic rings. The van der Waals surface area contributed by atoms with Gasteiger partial charge in [0.15, 0.2) is 11.5 Å². The first-order chi connectivity index (χ1) is 9.55. The fourth-order valence-corrected chi connectivity index (χ4v) is 3.23. The molecular weight excluding hydrogens is 393 g/mol. The van der Waals surface area contributed by atoms with Crippen LogP contribution in [0, 0.1) is 3.57 Å². The van der Waals surface area contributed by atoms with Crippen LogP contribution < -0.4 is 14.8 Å². The highest BCUT2D eigenvalue weighted by molar-refractivity contribution is 14.1. The zero-order valence-corrected chi connectivity index (χ0v) is 13.8. The molecule has 0 bridgehead atoms. The average Bonchev–Trinajstić information content (AvgIpc) is 2.68. The van der Waals surface area contributed by atoms with Gasteiger partial charge in [0.2, 0.25) is 0 Å². The lowest BCUT2D eigenvalue weighted by atomic mass is 10.2. The Bertz CT molecular complexity index is 600. The van der Waals surface area contributed by atoms with Gasteiger partial charge in [-0.3, -0.25) is 14.9 Å². The van der Waals surface area contributed by atoms with E-state index < -0.39 is 0 Å². The van der Waals surface area contributed by atoms with Gasteiger partial charge < -0.3 is 9.47 Å². The number of rotatable bonds is 4. The van der Waals surface area contributed by atoms with Gasteiger partial charge in [-0.2, -0.15) is 0 Å². The molecule has 0 unspecified atom stereocenters. The van der Waals surface area contributed by atoms with E-state index in [0.717, 1.165) is 20.9 Å². The van der Waals surface area contributed by atoms with Crippen LogP contribution in [0.25, 0.3) is 6.08 Å². The van der Waals surface area contributed by atoms with Crippen LogP contribution in [-0.4, -0.2) is 24.9 Å². The summed E-state index contributed by atoms with van der Waals surface area (Å²) in [6.07, 6.45) is 1.66. The number of thioether (sulfide) groups is 1. The van der Waals surface area contributed by atoms with Crippen molar-refractivity contribution in [3.63, 3.8) is 0 Å². The minimum absolute atomic E-state index is 0.352. The molecule has 20 heavy (non-hydrogen) atoms. The molecule has 1 fully saturated rings. The largest absolute Gasteiger partial charge is 0.492 e. The van der Waals surface area contributed by atoms with Crippen molar-refractivity contribution in [3.05, 3.63) is 26.2 Å². The molecule has 1 aromatic carbocycles. The van der Waals surface area contributed by atoms with E-state index in [2.05, 4.69) is 27.9 Å². The molecule has 0 radical (unpaired) electrons. The Morgan fingerprint density at radius 3 is 2.70 bits per heavy atom. The van der Waals surface area contributed by atoms with Crippen LogP contribution in [0.1, 0.15) is 12.5 Å². The lowest BCUT2D eigenvalue weighted by Gasteiger charge is -2.12. The molecule has 0 aromatic heterocycles. The van der Waals surface area contributed by atoms with Crippen molar-refractivity contribution in [1.29, 1.82) is 0 Å². The van der Waals surface area contributed by atoms with Crippen molar-refractivity contribution in [2.75, 3.05) is 13.7 Å². The second kappa shape index (κ2) is 6.49. The maximum absolute atomic E-state index is 11.5. The zero-order valence-electron chi connectivity index (χ0n) is 10.9. The monoisotopic (exact) mass is 405 g/mol. The van der Waals surface area contributed by atoms with E-state index in [1.54, 1.807) is 19.3 Å². The summed E-state index contributed by atoms with van der Waals surface area (Å²) in [4.78, 5) is 23.0. The predicted molar refractivity (Wildman–Crippen MR) is 86.0 cm³/mol. The smallest absolute Gasteiger partial charge is 0.290 e. The Morgan fingerprint density at radius 1 is 1.40 bits per heavy atom. The van der Waals surface area contributed by atoms with Crippen molar-refractivity contribution in [3.8, 4) is 11.5 Å². The van der Waals surface area contributed by atoms with E-state index in [1.165, 1.54) is 0 Å². The first-order valence-electron chi connectivity index (χ1n) is 5.80. The molecule has 7 heteroatoms. The minimum atomic E-state index is -0.371. The Morgan fingerprint density at radius 2 is 2.15 bits per heavy atom. The van der Waals surface area contributed by atoms with Crippen LogP contribution in [0.3, 0.4) is 0 Å². The molecule has 1 saturated heterocycles. The van der Waals surface area contributed by atoms with Crippen LogP contribution in [0.15, 0.2) is 17.0 Å². The maximum atomic E-state index is 11.5. The number of hydrogen-bond acceptors (Lipinski definition) is 5. The molecule has 106 valence electrons. The molecule has 1 aliphatic heterocycles. The van der Waals surface area contributed by atoms with Crippen molar-refractivity contribution in [2.24, 2.45) is 0 Å². The second-order valence-electron chi connectivity index (χ2n) is 3.82. The SMILES string of the molecule is CCOc1cc(/C=C2\SC(=O)NC2=O)cc(I)c1OC. The normalized spacial score (nSPS) is 16.4. The molecular formula is C13H12INO4S. The summed E-state index contributed by atoms with van der Waals surface area (Å²) in [5.74, 6) is 0.904. The molecule has 0 spiro atoms. The quantitative estimate of drug-likeness (QED) is 0.617. The highest BCUT2D eigenvalue weighted by Crippen LogP contribution is 2.35. The molecule has 1 aromatic rings. The molecule has 1 heterocycles. The molecule has 2 amide bonds. The third kappa shape index (κ3) is 3.26.